The molecule has 0 N–H and O–H groups in total. The third kappa shape index (κ3) is 4.90. The Morgan fingerprint density at radius 1 is 1.22 bits per heavy atom. The zero-order valence-electron chi connectivity index (χ0n) is 19.9. The zero-order chi connectivity index (χ0) is 25.6. The number of aromatic nitrogens is 4. The van der Waals surface area contributed by atoms with Crippen LogP contribution in [0.4, 0.5) is 10.2 Å². The normalized spacial score (nSPS) is 18.6. The second-order valence-electron chi connectivity index (χ2n) is 9.81. The van der Waals surface area contributed by atoms with Gasteiger partial charge in [0, 0.05) is 0 Å². The van der Waals surface area contributed by atoms with Crippen LogP contribution in [0.15, 0.2) is 30.5 Å². The van der Waals surface area contributed by atoms with Crippen molar-refractivity contribution in [1.29, 1.82) is 0 Å². The average molecular weight is 717 g/mol. The monoisotopic (exact) mass is 717 g/mol. The van der Waals surface area contributed by atoms with E-state index in [1.165, 1.54) is 17.7 Å². The van der Waals surface area contributed by atoms with Gasteiger partial charge in [-0.1, -0.05) is 0 Å². The van der Waals surface area contributed by atoms with Crippen LogP contribution in [0.2, 0.25) is 5.28 Å². The van der Waals surface area contributed by atoms with Crippen molar-refractivity contribution in [3.63, 3.8) is 0 Å². The first-order valence-electron chi connectivity index (χ1n) is 12.0. The molecule has 6 rings (SSSR count). The molecule has 189 valence electrons. The quantitative estimate of drug-likeness (QED) is 0.270. The molecule has 3 aromatic rings. The van der Waals surface area contributed by atoms with Gasteiger partial charge in [-0.3, -0.25) is 4.79 Å². The molecule has 0 amide bonds. The van der Waals surface area contributed by atoms with Gasteiger partial charge in [-0.15, -0.1) is 10.2 Å². The van der Waals surface area contributed by atoms with Crippen molar-refractivity contribution in [2.24, 2.45) is 5.41 Å². The third-order valence-electron chi connectivity index (χ3n) is 7.26. The fraction of sp³-hybridized carbons (Fsp3) is 0.400. The molecule has 37 heavy (non-hydrogen) atoms. The number of ether oxygens (including phenoxy) is 2. The number of nitrogens with zero attached hydrogens (tertiary/aromatic N) is 6. The number of carbonyl (C=O) groups excluding carboxylic acids is 1. The number of carbonyl (C=O) groups is 1. The molecule has 0 bridgehead atoms. The SMILES string of the molecule is O=Cc1cc(F)ccc1Oc1nnc(Cl)nc1N1CC2(CC(Oc3ccnc4c3CN([CH2][Pb])CC4)C2)C1. The van der Waals surface area contributed by atoms with Crippen LogP contribution in [-0.4, -0.2) is 87.0 Å². The molecule has 3 aliphatic rings. The van der Waals surface area contributed by atoms with Crippen LogP contribution in [0.25, 0.3) is 0 Å². The van der Waals surface area contributed by atoms with Gasteiger partial charge in [0.25, 0.3) is 5.88 Å². The predicted octanol–water partition coefficient (Wildman–Crippen LogP) is 3.20. The topological polar surface area (TPSA) is 93.6 Å². The van der Waals surface area contributed by atoms with Crippen LogP contribution in [0.1, 0.15) is 34.5 Å². The zero-order valence-corrected chi connectivity index (χ0v) is 24.5. The van der Waals surface area contributed by atoms with E-state index in [9.17, 15) is 9.18 Å². The number of anilines is 1. The molecule has 2 aromatic heterocycles. The molecule has 12 heteroatoms. The Kier molecular flexibility index (Phi) is 6.74. The van der Waals surface area contributed by atoms with E-state index in [4.69, 9.17) is 21.1 Å². The number of aldehydes is 1. The van der Waals surface area contributed by atoms with Gasteiger partial charge in [-0.25, -0.2) is 4.39 Å². The summed E-state index contributed by atoms with van der Waals surface area (Å²) in [5.74, 6) is 1.18. The first-order chi connectivity index (χ1) is 17.9. The number of fused-ring (bicyclic) bond motifs is 1. The number of hydrogen-bond donors (Lipinski definition) is 0. The Morgan fingerprint density at radius 3 is 2.84 bits per heavy atom. The number of halogens is 2. The summed E-state index contributed by atoms with van der Waals surface area (Å²) in [5, 5.41) is 7.83. The fourth-order valence-electron chi connectivity index (χ4n) is 5.42. The molecule has 2 aliphatic heterocycles. The molecule has 2 fully saturated rings. The minimum atomic E-state index is -0.530. The molecule has 1 aromatic carbocycles. The minimum absolute atomic E-state index is 0.000846. The van der Waals surface area contributed by atoms with Crippen molar-refractivity contribution in [2.45, 2.75) is 31.9 Å². The summed E-state index contributed by atoms with van der Waals surface area (Å²) in [5.41, 5.74) is 2.60. The Hall–Kier alpha value is -2.45. The molecule has 0 atom stereocenters. The summed E-state index contributed by atoms with van der Waals surface area (Å²) in [7, 11) is 0. The van der Waals surface area contributed by atoms with Crippen LogP contribution >= 0.6 is 11.6 Å². The van der Waals surface area contributed by atoms with Gasteiger partial charge in [0.05, 0.1) is 5.56 Å². The number of rotatable bonds is 7. The molecular weight excluding hydrogens is 694 g/mol. The maximum absolute atomic E-state index is 13.5. The Balaban J connectivity index is 1.11. The first kappa shape index (κ1) is 24.9. The van der Waals surface area contributed by atoms with E-state index in [1.807, 2.05) is 17.2 Å². The van der Waals surface area contributed by atoms with Crippen molar-refractivity contribution < 1.29 is 18.7 Å². The molecule has 1 spiro atoms. The number of hydrogen-bond acceptors (Lipinski definition) is 9. The summed E-state index contributed by atoms with van der Waals surface area (Å²) >= 11 is 7.19. The summed E-state index contributed by atoms with van der Waals surface area (Å²) < 4.78 is 26.9. The second kappa shape index (κ2) is 10.0. The van der Waals surface area contributed by atoms with Crippen LogP contribution < -0.4 is 14.4 Å². The van der Waals surface area contributed by atoms with Crippen molar-refractivity contribution in [1.82, 2.24) is 25.1 Å². The van der Waals surface area contributed by atoms with Gasteiger partial charge in [0.15, 0.2) is 6.29 Å². The maximum atomic E-state index is 13.5. The van der Waals surface area contributed by atoms with Crippen LogP contribution in [0.5, 0.6) is 17.4 Å². The summed E-state index contributed by atoms with van der Waals surface area (Å²) in [4.78, 5) is 24.8. The molecule has 1 saturated carbocycles. The summed E-state index contributed by atoms with van der Waals surface area (Å²) in [6.45, 7) is 3.49. The van der Waals surface area contributed by atoms with E-state index in [1.54, 1.807) is 0 Å². The standard InChI is InChI=1S/C25H23ClFN6O3.Pb/c1-32-7-5-19-18(11-32)21(4-6-28-19)35-17-9-25(10-17)13-33(14-25)22-23(30-31-24(26)29-22)36-20-3-2-16(27)8-15(20)12-34;/h2-4,6,8,12,17H,1,5,7,9-11,13-14H2;. The van der Waals surface area contributed by atoms with Gasteiger partial charge in [-0.05, 0) is 29.8 Å². The van der Waals surface area contributed by atoms with Crippen LogP contribution in [0.3, 0.4) is 0 Å². The Morgan fingerprint density at radius 2 is 2.05 bits per heavy atom. The number of benzene rings is 1. The molecule has 1 aliphatic carbocycles. The predicted molar refractivity (Wildman–Crippen MR) is 134 cm³/mol. The van der Waals surface area contributed by atoms with E-state index in [-0.39, 0.29) is 34.0 Å². The van der Waals surface area contributed by atoms with E-state index in [0.29, 0.717) is 12.1 Å². The summed E-state index contributed by atoms with van der Waals surface area (Å²) in [6, 6.07) is 5.69. The Bertz CT molecular complexity index is 1350. The van der Waals surface area contributed by atoms with Crippen LogP contribution in [0, 0.1) is 11.2 Å². The van der Waals surface area contributed by atoms with Gasteiger partial charge in [-0.2, -0.15) is 4.98 Å². The molecular formula is C25H23ClFN6O3Pb. The first-order valence-corrected chi connectivity index (χ1v) is 15.2. The van der Waals surface area contributed by atoms with E-state index < -0.39 is 5.82 Å². The van der Waals surface area contributed by atoms with Crippen molar-refractivity contribution >= 4 is 49.5 Å². The van der Waals surface area contributed by atoms with Crippen LogP contribution in [-0.2, 0) is 13.0 Å². The van der Waals surface area contributed by atoms with Gasteiger partial charge in [0.1, 0.15) is 11.6 Å². The second-order valence-corrected chi connectivity index (χ2v) is 11.4. The molecule has 1 saturated heterocycles. The molecule has 3 radical (unpaired) electrons. The third-order valence-corrected chi connectivity index (χ3v) is 9.16. The van der Waals surface area contributed by atoms with Crippen molar-refractivity contribution in [3.8, 4) is 17.4 Å². The summed E-state index contributed by atoms with van der Waals surface area (Å²) in [6.07, 6.45) is 5.42. The average Bonchev–Trinajstić information content (AvgIpc) is 2.86. The number of pyridine rings is 1. The molecule has 4 heterocycles. The van der Waals surface area contributed by atoms with E-state index in [0.717, 1.165) is 92.8 Å². The molecule has 0 unspecified atom stereocenters. The van der Waals surface area contributed by atoms with E-state index in [2.05, 4.69) is 25.1 Å². The van der Waals surface area contributed by atoms with E-state index >= 15 is 0 Å². The van der Waals surface area contributed by atoms with Gasteiger partial charge < -0.3 is 4.74 Å². The Labute approximate surface area is 234 Å². The van der Waals surface area contributed by atoms with Crippen molar-refractivity contribution in [2.75, 3.05) is 28.6 Å². The molecule has 9 nitrogen and oxygen atoms in total. The van der Waals surface area contributed by atoms with Gasteiger partial charge >= 0.3 is 141 Å². The van der Waals surface area contributed by atoms with Gasteiger partial charge in [0.2, 0.25) is 5.28 Å². The fourth-order valence-corrected chi connectivity index (χ4v) is 6.59. The van der Waals surface area contributed by atoms with Crippen molar-refractivity contribution in [3.05, 3.63) is 58.4 Å².